The van der Waals surface area contributed by atoms with Crippen LogP contribution < -0.4 is 5.73 Å². The fourth-order valence-corrected chi connectivity index (χ4v) is 1.49. The van der Waals surface area contributed by atoms with Crippen molar-refractivity contribution >= 4 is 11.6 Å². The van der Waals surface area contributed by atoms with Crippen LogP contribution in [0.3, 0.4) is 0 Å². The van der Waals surface area contributed by atoms with Crippen molar-refractivity contribution in [3.63, 3.8) is 0 Å². The van der Waals surface area contributed by atoms with Crippen molar-refractivity contribution in [2.24, 2.45) is 5.73 Å². The summed E-state index contributed by atoms with van der Waals surface area (Å²) in [7, 11) is 1.59. The van der Waals surface area contributed by atoms with E-state index in [0.717, 1.165) is 0 Å². The summed E-state index contributed by atoms with van der Waals surface area (Å²) < 4.78 is 18.0. The predicted molar refractivity (Wildman–Crippen MR) is 59.6 cm³/mol. The van der Waals surface area contributed by atoms with Crippen LogP contribution >= 0.6 is 11.6 Å². The zero-order valence-electron chi connectivity index (χ0n) is 8.84. The third kappa shape index (κ3) is 3.45. The summed E-state index contributed by atoms with van der Waals surface area (Å²) in [5.41, 5.74) is 6.59. The maximum atomic E-state index is 12.9. The molecule has 0 amide bonds. The van der Waals surface area contributed by atoms with E-state index in [2.05, 4.69) is 0 Å². The van der Waals surface area contributed by atoms with E-state index in [9.17, 15) is 4.39 Å². The number of halogens is 2. The number of nitrogens with two attached hydrogens (primary N) is 1. The van der Waals surface area contributed by atoms with Crippen molar-refractivity contribution < 1.29 is 9.13 Å². The Kier molecular flexibility index (Phi) is 4.51. The molecule has 4 heteroatoms. The topological polar surface area (TPSA) is 35.2 Å². The molecule has 1 rings (SSSR count). The highest BCUT2D eigenvalue weighted by atomic mass is 35.5. The van der Waals surface area contributed by atoms with Gasteiger partial charge in [-0.25, -0.2) is 4.39 Å². The average Bonchev–Trinajstić information content (AvgIpc) is 2.22. The molecule has 1 aromatic carbocycles. The SMILES string of the molecule is COC(C)C(N)Cc1cc(F)ccc1Cl. The number of ether oxygens (including phenoxy) is 1. The zero-order valence-corrected chi connectivity index (χ0v) is 9.59. The van der Waals surface area contributed by atoms with Gasteiger partial charge in [0.05, 0.1) is 6.10 Å². The highest BCUT2D eigenvalue weighted by Crippen LogP contribution is 2.19. The molecule has 84 valence electrons. The van der Waals surface area contributed by atoms with Crippen molar-refractivity contribution in [3.8, 4) is 0 Å². The lowest BCUT2D eigenvalue weighted by atomic mass is 10.0. The average molecular weight is 232 g/mol. The zero-order chi connectivity index (χ0) is 11.4. The lowest BCUT2D eigenvalue weighted by Gasteiger charge is -2.18. The van der Waals surface area contributed by atoms with Crippen molar-refractivity contribution in [2.45, 2.75) is 25.5 Å². The van der Waals surface area contributed by atoms with Crippen LogP contribution in [0, 0.1) is 5.82 Å². The van der Waals surface area contributed by atoms with Crippen LogP contribution in [0.15, 0.2) is 18.2 Å². The smallest absolute Gasteiger partial charge is 0.123 e. The third-order valence-corrected chi connectivity index (χ3v) is 2.81. The van der Waals surface area contributed by atoms with Crippen molar-refractivity contribution in [1.29, 1.82) is 0 Å². The van der Waals surface area contributed by atoms with E-state index >= 15 is 0 Å². The molecule has 2 nitrogen and oxygen atoms in total. The number of hydrogen-bond acceptors (Lipinski definition) is 2. The minimum absolute atomic E-state index is 0.0793. The Balaban J connectivity index is 2.75. The molecular formula is C11H15ClFNO. The van der Waals surface area contributed by atoms with Crippen LogP contribution in [0.25, 0.3) is 0 Å². The molecule has 0 aliphatic rings. The number of rotatable bonds is 4. The maximum absolute atomic E-state index is 12.9. The van der Waals surface area contributed by atoms with Gasteiger partial charge >= 0.3 is 0 Å². The summed E-state index contributed by atoms with van der Waals surface area (Å²) in [4.78, 5) is 0. The van der Waals surface area contributed by atoms with Gasteiger partial charge < -0.3 is 10.5 Å². The molecule has 2 atom stereocenters. The van der Waals surface area contributed by atoms with Gasteiger partial charge in [-0.1, -0.05) is 11.6 Å². The van der Waals surface area contributed by atoms with E-state index in [1.165, 1.54) is 18.2 Å². The Hall–Kier alpha value is -0.640. The standard InChI is InChI=1S/C11H15ClFNO/c1-7(15-2)11(14)6-8-5-9(13)3-4-10(8)12/h3-5,7,11H,6,14H2,1-2H3. The highest BCUT2D eigenvalue weighted by Gasteiger charge is 2.14. The number of hydrogen-bond donors (Lipinski definition) is 1. The Labute approximate surface area is 94.2 Å². The van der Waals surface area contributed by atoms with Gasteiger partial charge in [0.15, 0.2) is 0 Å². The van der Waals surface area contributed by atoms with Crippen LogP contribution in [-0.4, -0.2) is 19.3 Å². The van der Waals surface area contributed by atoms with E-state index < -0.39 is 0 Å². The van der Waals surface area contributed by atoms with Gasteiger partial charge in [0.25, 0.3) is 0 Å². The molecule has 0 fully saturated rings. The maximum Gasteiger partial charge on any atom is 0.123 e. The van der Waals surface area contributed by atoms with Gasteiger partial charge in [-0.3, -0.25) is 0 Å². The first-order valence-electron chi connectivity index (χ1n) is 4.77. The highest BCUT2D eigenvalue weighted by molar-refractivity contribution is 6.31. The van der Waals surface area contributed by atoms with Crippen LogP contribution in [0.5, 0.6) is 0 Å². The monoisotopic (exact) mass is 231 g/mol. The molecule has 0 radical (unpaired) electrons. The summed E-state index contributed by atoms with van der Waals surface area (Å²) in [5.74, 6) is -0.299. The molecule has 15 heavy (non-hydrogen) atoms. The van der Waals surface area contributed by atoms with E-state index in [0.29, 0.717) is 17.0 Å². The molecule has 0 saturated heterocycles. The summed E-state index contributed by atoms with van der Waals surface area (Å²) in [6.07, 6.45) is 0.426. The second-order valence-corrected chi connectivity index (χ2v) is 3.95. The quantitative estimate of drug-likeness (QED) is 0.864. The second kappa shape index (κ2) is 5.45. The molecule has 0 aliphatic heterocycles. The summed E-state index contributed by atoms with van der Waals surface area (Å²) in [6.45, 7) is 1.87. The molecule has 0 aromatic heterocycles. The van der Waals surface area contributed by atoms with Gasteiger partial charge in [-0.2, -0.15) is 0 Å². The molecule has 2 N–H and O–H groups in total. The molecule has 0 spiro atoms. The van der Waals surface area contributed by atoms with Gasteiger partial charge in [0.2, 0.25) is 0 Å². The fraction of sp³-hybridized carbons (Fsp3) is 0.455. The molecule has 0 heterocycles. The van der Waals surface area contributed by atoms with Gasteiger partial charge in [0.1, 0.15) is 5.82 Å². The summed E-state index contributed by atoms with van der Waals surface area (Å²) >= 11 is 5.93. The Morgan fingerprint density at radius 1 is 1.53 bits per heavy atom. The van der Waals surface area contributed by atoms with E-state index in [-0.39, 0.29) is 18.0 Å². The van der Waals surface area contributed by atoms with Crippen molar-refractivity contribution in [1.82, 2.24) is 0 Å². The van der Waals surface area contributed by atoms with Gasteiger partial charge in [0, 0.05) is 18.2 Å². The van der Waals surface area contributed by atoms with Gasteiger partial charge in [-0.15, -0.1) is 0 Å². The van der Waals surface area contributed by atoms with Crippen molar-refractivity contribution in [3.05, 3.63) is 34.6 Å². The molecule has 1 aromatic rings. The Morgan fingerprint density at radius 3 is 2.80 bits per heavy atom. The molecular weight excluding hydrogens is 217 g/mol. The first kappa shape index (κ1) is 12.4. The normalized spacial score (nSPS) is 15.0. The summed E-state index contributed by atoms with van der Waals surface area (Å²) in [6, 6.07) is 4.09. The van der Waals surface area contributed by atoms with Crippen molar-refractivity contribution in [2.75, 3.05) is 7.11 Å². The minimum Gasteiger partial charge on any atom is -0.380 e. The molecule has 0 saturated carbocycles. The van der Waals surface area contributed by atoms with E-state index in [1.54, 1.807) is 7.11 Å². The number of benzene rings is 1. The Bertz CT molecular complexity index is 332. The first-order valence-corrected chi connectivity index (χ1v) is 5.14. The number of methoxy groups -OCH3 is 1. The van der Waals surface area contributed by atoms with Crippen LogP contribution in [0.4, 0.5) is 4.39 Å². The fourth-order valence-electron chi connectivity index (χ4n) is 1.29. The van der Waals surface area contributed by atoms with E-state index in [4.69, 9.17) is 22.1 Å². The van der Waals surface area contributed by atoms with Crippen LogP contribution in [-0.2, 0) is 11.2 Å². The van der Waals surface area contributed by atoms with Crippen LogP contribution in [0.2, 0.25) is 5.02 Å². The molecule has 0 aliphatic carbocycles. The largest absolute Gasteiger partial charge is 0.380 e. The first-order chi connectivity index (χ1) is 7.04. The van der Waals surface area contributed by atoms with Crippen LogP contribution in [0.1, 0.15) is 12.5 Å². The summed E-state index contributed by atoms with van der Waals surface area (Å²) in [5, 5.41) is 0.537. The lowest BCUT2D eigenvalue weighted by molar-refractivity contribution is 0.0956. The van der Waals surface area contributed by atoms with E-state index in [1.807, 2.05) is 6.92 Å². The predicted octanol–water partition coefficient (Wildman–Crippen LogP) is 2.38. The van der Waals surface area contributed by atoms with Gasteiger partial charge in [-0.05, 0) is 37.1 Å². The lowest BCUT2D eigenvalue weighted by Crippen LogP contribution is -2.35. The molecule has 2 unspecified atom stereocenters. The Morgan fingerprint density at radius 2 is 2.20 bits per heavy atom. The minimum atomic E-state index is -0.299. The molecule has 0 bridgehead atoms. The third-order valence-electron chi connectivity index (χ3n) is 2.44. The second-order valence-electron chi connectivity index (χ2n) is 3.54.